The van der Waals surface area contributed by atoms with Crippen LogP contribution in [0.5, 0.6) is 11.5 Å². The number of hydrogen-bond acceptors (Lipinski definition) is 6. The minimum absolute atomic E-state index is 0.00325. The lowest BCUT2D eigenvalue weighted by Gasteiger charge is -2.08. The highest BCUT2D eigenvalue weighted by Crippen LogP contribution is 2.43. The van der Waals surface area contributed by atoms with Gasteiger partial charge in [0, 0.05) is 11.1 Å². The van der Waals surface area contributed by atoms with Gasteiger partial charge in [0.25, 0.3) is 0 Å². The molecule has 2 N–H and O–H groups in total. The van der Waals surface area contributed by atoms with Crippen LogP contribution in [0.4, 0.5) is 0 Å². The van der Waals surface area contributed by atoms with E-state index in [1.807, 2.05) is 0 Å². The van der Waals surface area contributed by atoms with Gasteiger partial charge >= 0.3 is 5.97 Å². The largest absolute Gasteiger partial charge is 0.507 e. The predicted molar refractivity (Wildman–Crippen MR) is 79.4 cm³/mol. The number of rotatable bonds is 4. The number of ether oxygens (including phenoxy) is 1. The Kier molecular flexibility index (Phi) is 4.12. The molecule has 0 radical (unpaired) electrons. The fraction of sp³-hybridized carbons (Fsp3) is 0.375. The van der Waals surface area contributed by atoms with Crippen LogP contribution < -0.4 is 0 Å². The molecule has 0 saturated carbocycles. The molecular formula is C16H18O6. The number of ketones is 1. The molecule has 2 aromatic rings. The molecule has 118 valence electrons. The van der Waals surface area contributed by atoms with E-state index in [2.05, 4.69) is 0 Å². The molecule has 1 aromatic heterocycles. The number of hydrogen-bond donors (Lipinski definition) is 2. The summed E-state index contributed by atoms with van der Waals surface area (Å²) in [5, 5.41) is 20.6. The van der Waals surface area contributed by atoms with Crippen molar-refractivity contribution >= 4 is 22.7 Å². The average molecular weight is 306 g/mol. The quantitative estimate of drug-likeness (QED) is 0.666. The molecule has 0 atom stereocenters. The van der Waals surface area contributed by atoms with Gasteiger partial charge in [0.2, 0.25) is 0 Å². The number of aryl methyl sites for hydroxylation is 1. The molecule has 22 heavy (non-hydrogen) atoms. The van der Waals surface area contributed by atoms with Gasteiger partial charge in [-0.2, -0.15) is 0 Å². The van der Waals surface area contributed by atoms with E-state index in [0.717, 1.165) is 0 Å². The zero-order chi connectivity index (χ0) is 16.6. The lowest BCUT2D eigenvalue weighted by Crippen LogP contribution is -2.07. The van der Waals surface area contributed by atoms with E-state index in [0.29, 0.717) is 16.7 Å². The maximum Gasteiger partial charge on any atom is 0.313 e. The van der Waals surface area contributed by atoms with Crippen LogP contribution in [-0.2, 0) is 16.0 Å². The lowest BCUT2D eigenvalue weighted by atomic mass is 9.99. The van der Waals surface area contributed by atoms with Crippen LogP contribution in [0.15, 0.2) is 4.42 Å². The molecule has 2 rings (SSSR count). The fourth-order valence-electron chi connectivity index (χ4n) is 2.45. The number of carbonyl (C=O) groups excluding carboxylic acids is 2. The third-order valence-corrected chi connectivity index (χ3v) is 3.62. The zero-order valence-corrected chi connectivity index (χ0v) is 12.9. The lowest BCUT2D eigenvalue weighted by molar-refractivity contribution is -0.142. The van der Waals surface area contributed by atoms with Gasteiger partial charge in [0.05, 0.1) is 12.0 Å². The summed E-state index contributed by atoms with van der Waals surface area (Å²) in [4.78, 5) is 23.4. The Labute approximate surface area is 127 Å². The molecule has 0 aliphatic carbocycles. The van der Waals surface area contributed by atoms with Crippen LogP contribution in [-0.4, -0.2) is 28.6 Å². The molecule has 0 unspecified atom stereocenters. The summed E-state index contributed by atoms with van der Waals surface area (Å²) in [6, 6.07) is 0. The summed E-state index contributed by atoms with van der Waals surface area (Å²) < 4.78 is 10.5. The number of aromatic hydroxyl groups is 2. The van der Waals surface area contributed by atoms with E-state index in [1.165, 1.54) is 13.8 Å². The van der Waals surface area contributed by atoms with E-state index in [9.17, 15) is 19.8 Å². The molecular weight excluding hydrogens is 288 g/mol. The standard InChI is InChI=1S/C16H18O6/c1-5-21-11(18)6-10-7(2)12-14(19)8(3)15(20)13(9(4)17)16(12)22-10/h19-20H,5-6H2,1-4H3. The van der Waals surface area contributed by atoms with Crippen LogP contribution >= 0.6 is 0 Å². The first-order valence-corrected chi connectivity index (χ1v) is 6.92. The fourth-order valence-corrected chi connectivity index (χ4v) is 2.45. The molecule has 0 spiro atoms. The van der Waals surface area contributed by atoms with Crippen molar-refractivity contribution in [2.45, 2.75) is 34.1 Å². The molecule has 0 bridgehead atoms. The molecule has 6 nitrogen and oxygen atoms in total. The van der Waals surface area contributed by atoms with Gasteiger partial charge in [-0.3, -0.25) is 9.59 Å². The second-order valence-electron chi connectivity index (χ2n) is 5.09. The summed E-state index contributed by atoms with van der Waals surface area (Å²) in [7, 11) is 0. The van der Waals surface area contributed by atoms with Crippen LogP contribution in [0.3, 0.4) is 0 Å². The van der Waals surface area contributed by atoms with Crippen molar-refractivity contribution < 1.29 is 29.0 Å². The smallest absolute Gasteiger partial charge is 0.313 e. The van der Waals surface area contributed by atoms with E-state index in [4.69, 9.17) is 9.15 Å². The number of phenolic OH excluding ortho intramolecular Hbond substituents is 2. The molecule has 0 aliphatic rings. The van der Waals surface area contributed by atoms with Crippen molar-refractivity contribution in [2.75, 3.05) is 6.61 Å². The predicted octanol–water partition coefficient (Wildman–Crippen LogP) is 2.77. The Morgan fingerprint density at radius 1 is 1.14 bits per heavy atom. The van der Waals surface area contributed by atoms with Crippen LogP contribution in [0.25, 0.3) is 11.0 Å². The highest BCUT2D eigenvalue weighted by Gasteiger charge is 2.26. The number of Topliss-reactive ketones (excluding diaryl/α,β-unsaturated/α-hetero) is 1. The van der Waals surface area contributed by atoms with Gasteiger partial charge in [-0.1, -0.05) is 0 Å². The van der Waals surface area contributed by atoms with Crippen molar-refractivity contribution in [1.82, 2.24) is 0 Å². The zero-order valence-electron chi connectivity index (χ0n) is 12.9. The topological polar surface area (TPSA) is 97.0 Å². The Bertz CT molecular complexity index is 769. The maximum atomic E-state index is 11.8. The molecule has 1 aromatic carbocycles. The van der Waals surface area contributed by atoms with Crippen molar-refractivity contribution in [3.8, 4) is 11.5 Å². The summed E-state index contributed by atoms with van der Waals surface area (Å²) >= 11 is 0. The Morgan fingerprint density at radius 2 is 1.77 bits per heavy atom. The average Bonchev–Trinajstić information content (AvgIpc) is 2.73. The number of carbonyl (C=O) groups is 2. The molecule has 0 fully saturated rings. The summed E-state index contributed by atoms with van der Waals surface area (Å²) in [5.41, 5.74) is 0.837. The summed E-state index contributed by atoms with van der Waals surface area (Å²) in [5.74, 6) is -1.02. The van der Waals surface area contributed by atoms with Gasteiger partial charge in [0.15, 0.2) is 11.4 Å². The molecule has 0 amide bonds. The van der Waals surface area contributed by atoms with E-state index < -0.39 is 5.97 Å². The number of fused-ring (bicyclic) bond motifs is 1. The number of benzene rings is 1. The van der Waals surface area contributed by atoms with Gasteiger partial charge in [-0.25, -0.2) is 0 Å². The molecule has 1 heterocycles. The first-order chi connectivity index (χ1) is 10.3. The van der Waals surface area contributed by atoms with E-state index in [-0.39, 0.29) is 47.0 Å². The van der Waals surface area contributed by atoms with Crippen LogP contribution in [0.2, 0.25) is 0 Å². The van der Waals surface area contributed by atoms with Crippen molar-refractivity contribution in [3.05, 3.63) is 22.5 Å². The molecule has 0 aliphatic heterocycles. The Morgan fingerprint density at radius 3 is 2.32 bits per heavy atom. The second-order valence-corrected chi connectivity index (χ2v) is 5.09. The van der Waals surface area contributed by atoms with Crippen molar-refractivity contribution in [1.29, 1.82) is 0 Å². The van der Waals surface area contributed by atoms with E-state index in [1.54, 1.807) is 13.8 Å². The van der Waals surface area contributed by atoms with E-state index >= 15 is 0 Å². The first kappa shape index (κ1) is 15.9. The molecule has 0 saturated heterocycles. The van der Waals surface area contributed by atoms with Gasteiger partial charge in [-0.15, -0.1) is 0 Å². The SMILES string of the molecule is CCOC(=O)Cc1oc2c(C(C)=O)c(O)c(C)c(O)c2c1C. The van der Waals surface area contributed by atoms with Crippen LogP contribution in [0, 0.1) is 13.8 Å². The highest BCUT2D eigenvalue weighted by molar-refractivity contribution is 6.10. The minimum Gasteiger partial charge on any atom is -0.507 e. The number of esters is 1. The normalized spacial score (nSPS) is 10.9. The minimum atomic E-state index is -0.463. The monoisotopic (exact) mass is 306 g/mol. The molecule has 6 heteroatoms. The van der Waals surface area contributed by atoms with Crippen molar-refractivity contribution in [2.24, 2.45) is 0 Å². The Hall–Kier alpha value is -2.50. The maximum absolute atomic E-state index is 11.8. The number of furan rings is 1. The van der Waals surface area contributed by atoms with Crippen LogP contribution in [0.1, 0.15) is 41.1 Å². The summed E-state index contributed by atoms with van der Waals surface area (Å²) in [6.45, 7) is 6.44. The van der Waals surface area contributed by atoms with Gasteiger partial charge in [-0.05, 0) is 27.7 Å². The van der Waals surface area contributed by atoms with Gasteiger partial charge in [0.1, 0.15) is 29.2 Å². The second kappa shape index (κ2) is 5.71. The third kappa shape index (κ3) is 2.41. The highest BCUT2D eigenvalue weighted by atomic mass is 16.5. The summed E-state index contributed by atoms with van der Waals surface area (Å²) in [6.07, 6.45) is -0.106. The van der Waals surface area contributed by atoms with Crippen molar-refractivity contribution in [3.63, 3.8) is 0 Å². The van der Waals surface area contributed by atoms with Gasteiger partial charge < -0.3 is 19.4 Å². The third-order valence-electron chi connectivity index (χ3n) is 3.62. The first-order valence-electron chi connectivity index (χ1n) is 6.92. The Balaban J connectivity index is 2.73. The number of phenols is 2.